The molecule has 4 rings (SSSR count). The molecule has 1 aromatic carbocycles. The third-order valence-corrected chi connectivity index (χ3v) is 5.96. The molecule has 0 spiro atoms. The van der Waals surface area contributed by atoms with Crippen LogP contribution < -0.4 is 5.32 Å². The molecule has 8 nitrogen and oxygen atoms in total. The largest absolute Gasteiger partial charge is 0.312 e. The highest BCUT2D eigenvalue weighted by Gasteiger charge is 2.22. The summed E-state index contributed by atoms with van der Waals surface area (Å²) < 4.78 is 1.61. The molecular formula is C19H19N5O3S. The molecule has 0 aliphatic heterocycles. The zero-order valence-corrected chi connectivity index (χ0v) is 16.4. The number of carbonyl (C=O) groups excluding carboxylic acids is 1. The maximum absolute atomic E-state index is 12.5. The molecule has 3 aromatic rings. The number of thiazole rings is 1. The average molecular weight is 397 g/mol. The summed E-state index contributed by atoms with van der Waals surface area (Å²) in [7, 11) is 0. The zero-order chi connectivity index (χ0) is 19.8. The summed E-state index contributed by atoms with van der Waals surface area (Å²) in [6.07, 6.45) is 3.17. The van der Waals surface area contributed by atoms with Crippen molar-refractivity contribution >= 4 is 28.1 Å². The van der Waals surface area contributed by atoms with Gasteiger partial charge in [0.25, 0.3) is 5.91 Å². The number of aryl methyl sites for hydroxylation is 3. The third kappa shape index (κ3) is 3.40. The summed E-state index contributed by atoms with van der Waals surface area (Å²) >= 11 is 1.55. The van der Waals surface area contributed by atoms with Gasteiger partial charge in [-0.05, 0) is 50.8 Å². The molecule has 0 radical (unpaired) electrons. The molecule has 1 amide bonds. The molecule has 0 bridgehead atoms. The quantitative estimate of drug-likeness (QED) is 0.523. The second-order valence-corrected chi connectivity index (χ2v) is 7.91. The summed E-state index contributed by atoms with van der Waals surface area (Å²) in [4.78, 5) is 28.9. The number of nitro groups is 1. The summed E-state index contributed by atoms with van der Waals surface area (Å²) in [6, 6.07) is 7.15. The first-order chi connectivity index (χ1) is 13.4. The molecule has 0 fully saturated rings. The normalized spacial score (nSPS) is 12.8. The number of fused-ring (bicyclic) bond motifs is 1. The summed E-state index contributed by atoms with van der Waals surface area (Å²) in [5.74, 6) is -0.194. The lowest BCUT2D eigenvalue weighted by Gasteiger charge is -2.06. The van der Waals surface area contributed by atoms with Crippen molar-refractivity contribution in [3.63, 3.8) is 0 Å². The lowest BCUT2D eigenvalue weighted by atomic mass is 10.1. The van der Waals surface area contributed by atoms with Gasteiger partial charge in [-0.2, -0.15) is 5.10 Å². The van der Waals surface area contributed by atoms with E-state index in [1.807, 2.05) is 12.1 Å². The second kappa shape index (κ2) is 7.16. The number of rotatable bonds is 5. The maximum Gasteiger partial charge on any atom is 0.312 e. The maximum atomic E-state index is 12.5. The Bertz CT molecular complexity index is 1050. The number of nitrogens with zero attached hydrogens (tertiary/aromatic N) is 4. The van der Waals surface area contributed by atoms with Crippen molar-refractivity contribution in [2.75, 3.05) is 5.32 Å². The number of carbonyl (C=O) groups is 1. The van der Waals surface area contributed by atoms with Crippen LogP contribution in [0.4, 0.5) is 10.8 Å². The number of benzene rings is 1. The van der Waals surface area contributed by atoms with E-state index in [0.717, 1.165) is 30.5 Å². The number of amides is 1. The number of hydrogen-bond acceptors (Lipinski definition) is 6. The molecule has 28 heavy (non-hydrogen) atoms. The highest BCUT2D eigenvalue weighted by atomic mass is 32.1. The Kier molecular flexibility index (Phi) is 4.68. The molecule has 9 heteroatoms. The van der Waals surface area contributed by atoms with Crippen molar-refractivity contribution in [3.8, 4) is 0 Å². The predicted molar refractivity (Wildman–Crippen MR) is 106 cm³/mol. The fourth-order valence-corrected chi connectivity index (χ4v) is 4.50. The smallest absolute Gasteiger partial charge is 0.298 e. The molecule has 0 unspecified atom stereocenters. The fraction of sp³-hybridized carbons (Fsp3) is 0.316. The van der Waals surface area contributed by atoms with Gasteiger partial charge in [0.05, 0.1) is 17.2 Å². The van der Waals surface area contributed by atoms with E-state index in [0.29, 0.717) is 28.6 Å². The van der Waals surface area contributed by atoms with E-state index < -0.39 is 4.92 Å². The number of hydrogen-bond donors (Lipinski definition) is 1. The second-order valence-electron chi connectivity index (χ2n) is 6.83. The van der Waals surface area contributed by atoms with E-state index in [4.69, 9.17) is 0 Å². The van der Waals surface area contributed by atoms with Gasteiger partial charge in [-0.3, -0.25) is 24.9 Å². The third-order valence-electron chi connectivity index (χ3n) is 4.89. The molecule has 0 saturated heterocycles. The first-order valence-electron chi connectivity index (χ1n) is 8.99. The van der Waals surface area contributed by atoms with Crippen LogP contribution in [0.2, 0.25) is 0 Å². The van der Waals surface area contributed by atoms with Crippen molar-refractivity contribution in [1.82, 2.24) is 14.8 Å². The number of anilines is 1. The van der Waals surface area contributed by atoms with Crippen LogP contribution >= 0.6 is 11.3 Å². The Morgan fingerprint density at radius 1 is 1.29 bits per heavy atom. The average Bonchev–Trinajstić information content (AvgIpc) is 3.29. The van der Waals surface area contributed by atoms with Crippen molar-refractivity contribution in [2.45, 2.75) is 39.7 Å². The van der Waals surface area contributed by atoms with Crippen molar-refractivity contribution in [1.29, 1.82) is 0 Å². The van der Waals surface area contributed by atoms with E-state index in [2.05, 4.69) is 15.4 Å². The Morgan fingerprint density at radius 3 is 2.68 bits per heavy atom. The summed E-state index contributed by atoms with van der Waals surface area (Å²) in [5, 5.41) is 18.9. The Hall–Kier alpha value is -3.07. The lowest BCUT2D eigenvalue weighted by molar-refractivity contribution is -0.386. The SMILES string of the molecule is Cc1nn(Cc2ccc(C(=O)Nc3nc4c(s3)CCC4)cc2)c(C)c1[N+](=O)[O-]. The number of aromatic nitrogens is 3. The lowest BCUT2D eigenvalue weighted by Crippen LogP contribution is -2.12. The Balaban J connectivity index is 1.45. The van der Waals surface area contributed by atoms with E-state index in [-0.39, 0.29) is 11.6 Å². The minimum Gasteiger partial charge on any atom is -0.298 e. The van der Waals surface area contributed by atoms with E-state index >= 15 is 0 Å². The molecular weight excluding hydrogens is 378 g/mol. The van der Waals surface area contributed by atoms with Gasteiger partial charge in [0, 0.05) is 10.4 Å². The van der Waals surface area contributed by atoms with Gasteiger partial charge >= 0.3 is 5.69 Å². The van der Waals surface area contributed by atoms with Crippen LogP contribution in [0.5, 0.6) is 0 Å². The molecule has 2 aromatic heterocycles. The summed E-state index contributed by atoms with van der Waals surface area (Å²) in [6.45, 7) is 3.72. The monoisotopic (exact) mass is 397 g/mol. The zero-order valence-electron chi connectivity index (χ0n) is 15.6. The van der Waals surface area contributed by atoms with Crippen LogP contribution in [0, 0.1) is 24.0 Å². The van der Waals surface area contributed by atoms with Gasteiger partial charge < -0.3 is 0 Å². The summed E-state index contributed by atoms with van der Waals surface area (Å²) in [5.41, 5.74) is 3.51. The van der Waals surface area contributed by atoms with Gasteiger partial charge in [0.2, 0.25) is 0 Å². The minimum atomic E-state index is -0.407. The molecule has 1 aliphatic rings. The highest BCUT2D eigenvalue weighted by molar-refractivity contribution is 7.16. The Morgan fingerprint density at radius 2 is 2.04 bits per heavy atom. The molecule has 2 heterocycles. The van der Waals surface area contributed by atoms with Gasteiger partial charge in [-0.1, -0.05) is 12.1 Å². The van der Waals surface area contributed by atoms with Crippen molar-refractivity contribution in [2.24, 2.45) is 0 Å². The topological polar surface area (TPSA) is 103 Å². The van der Waals surface area contributed by atoms with Crippen LogP contribution in [-0.2, 0) is 19.4 Å². The molecule has 0 atom stereocenters. The van der Waals surface area contributed by atoms with Gasteiger partial charge in [0.15, 0.2) is 5.13 Å². The van der Waals surface area contributed by atoms with Crippen LogP contribution in [0.15, 0.2) is 24.3 Å². The van der Waals surface area contributed by atoms with Gasteiger partial charge in [-0.25, -0.2) is 4.98 Å². The molecule has 144 valence electrons. The van der Waals surface area contributed by atoms with Gasteiger partial charge in [0.1, 0.15) is 11.4 Å². The standard InChI is InChI=1S/C19H19N5O3S/c1-11-17(24(26)27)12(2)23(22-11)10-13-6-8-14(9-7-13)18(25)21-19-20-15-4-3-5-16(15)28-19/h6-9H,3-5,10H2,1-2H3,(H,20,21,25). The van der Waals surface area contributed by atoms with Crippen molar-refractivity contribution < 1.29 is 9.72 Å². The fourth-order valence-electron chi connectivity index (χ4n) is 3.45. The Labute approximate surface area is 165 Å². The molecule has 0 saturated carbocycles. The van der Waals surface area contributed by atoms with Crippen LogP contribution in [-0.4, -0.2) is 25.6 Å². The first kappa shape index (κ1) is 18.3. The van der Waals surface area contributed by atoms with Crippen molar-refractivity contribution in [3.05, 3.63) is 67.5 Å². The number of nitrogens with one attached hydrogen (secondary N) is 1. The first-order valence-corrected chi connectivity index (χ1v) is 9.81. The van der Waals surface area contributed by atoms with Crippen LogP contribution in [0.25, 0.3) is 0 Å². The van der Waals surface area contributed by atoms with Crippen LogP contribution in [0.1, 0.15) is 44.3 Å². The van der Waals surface area contributed by atoms with E-state index in [1.54, 1.807) is 42.0 Å². The van der Waals surface area contributed by atoms with E-state index in [1.165, 1.54) is 4.88 Å². The van der Waals surface area contributed by atoms with Gasteiger partial charge in [-0.15, -0.1) is 11.3 Å². The minimum absolute atomic E-state index is 0.0475. The molecule has 1 aliphatic carbocycles. The van der Waals surface area contributed by atoms with Crippen LogP contribution in [0.3, 0.4) is 0 Å². The van der Waals surface area contributed by atoms with E-state index in [9.17, 15) is 14.9 Å². The highest BCUT2D eigenvalue weighted by Crippen LogP contribution is 2.30. The predicted octanol–water partition coefficient (Wildman–Crippen LogP) is 3.65. The molecule has 1 N–H and O–H groups in total.